The average Bonchev–Trinajstić information content (AvgIpc) is 2.33. The number of benzene rings is 1. The molecule has 0 aliphatic rings. The summed E-state index contributed by atoms with van der Waals surface area (Å²) in [4.78, 5) is 0. The summed E-state index contributed by atoms with van der Waals surface area (Å²) in [6, 6.07) is 5.41. The second-order valence-electron chi connectivity index (χ2n) is 3.78. The van der Waals surface area contributed by atoms with Crippen LogP contribution in [0.2, 0.25) is 0 Å². The van der Waals surface area contributed by atoms with Crippen LogP contribution in [0.15, 0.2) is 18.2 Å². The van der Waals surface area contributed by atoms with Crippen LogP contribution in [-0.4, -0.2) is 31.0 Å². The highest BCUT2D eigenvalue weighted by atomic mass is 16.5. The zero-order valence-corrected chi connectivity index (χ0v) is 10.5. The molecule has 96 valence electrons. The summed E-state index contributed by atoms with van der Waals surface area (Å²) in [5.41, 5.74) is 6.72. The highest BCUT2D eigenvalue weighted by Gasteiger charge is 2.10. The van der Waals surface area contributed by atoms with Gasteiger partial charge in [0.1, 0.15) is 11.5 Å². The third kappa shape index (κ3) is 4.24. The van der Waals surface area contributed by atoms with Gasteiger partial charge in [-0.2, -0.15) is 0 Å². The lowest BCUT2D eigenvalue weighted by molar-refractivity contribution is 0.263. The Balaban J connectivity index is 2.89. The number of rotatable bonds is 7. The number of aliphatic hydroxyl groups excluding tert-OH is 1. The molecule has 3 N–H and O–H groups in total. The van der Waals surface area contributed by atoms with Crippen LogP contribution in [0, 0.1) is 0 Å². The normalized spacial score (nSPS) is 12.2. The van der Waals surface area contributed by atoms with Gasteiger partial charge in [-0.1, -0.05) is 0 Å². The van der Waals surface area contributed by atoms with E-state index in [1.165, 1.54) is 0 Å². The van der Waals surface area contributed by atoms with E-state index in [0.29, 0.717) is 19.6 Å². The standard InChI is InChI=1S/C13H21NO3/c1-3-16-12-5-6-13(17-4-2)10(8-12)7-11(14)9-15/h5-6,8,11,15H,3-4,7,9,14H2,1-2H3. The Kier molecular flexibility index (Phi) is 5.80. The first-order chi connectivity index (χ1) is 8.21. The highest BCUT2D eigenvalue weighted by molar-refractivity contribution is 5.40. The Morgan fingerprint density at radius 2 is 1.94 bits per heavy atom. The van der Waals surface area contributed by atoms with E-state index in [1.54, 1.807) is 0 Å². The zero-order chi connectivity index (χ0) is 12.7. The molecule has 0 saturated heterocycles. The lowest BCUT2D eigenvalue weighted by Gasteiger charge is -2.14. The van der Waals surface area contributed by atoms with Crippen LogP contribution < -0.4 is 15.2 Å². The molecule has 0 fully saturated rings. The van der Waals surface area contributed by atoms with E-state index in [9.17, 15) is 0 Å². The Hall–Kier alpha value is -1.26. The highest BCUT2D eigenvalue weighted by Crippen LogP contribution is 2.25. The smallest absolute Gasteiger partial charge is 0.122 e. The minimum absolute atomic E-state index is 0.0373. The first kappa shape index (κ1) is 13.8. The zero-order valence-electron chi connectivity index (χ0n) is 10.5. The minimum Gasteiger partial charge on any atom is -0.494 e. The Bertz CT molecular complexity index is 341. The van der Waals surface area contributed by atoms with Crippen LogP contribution in [0.4, 0.5) is 0 Å². The summed E-state index contributed by atoms with van der Waals surface area (Å²) in [5.74, 6) is 1.61. The van der Waals surface area contributed by atoms with E-state index < -0.39 is 0 Å². The van der Waals surface area contributed by atoms with Gasteiger partial charge >= 0.3 is 0 Å². The SMILES string of the molecule is CCOc1ccc(OCC)c(CC(N)CO)c1. The molecule has 4 nitrogen and oxygen atoms in total. The van der Waals surface area contributed by atoms with Gasteiger partial charge in [0.05, 0.1) is 19.8 Å². The van der Waals surface area contributed by atoms with E-state index in [4.69, 9.17) is 20.3 Å². The third-order valence-corrected chi connectivity index (χ3v) is 2.36. The van der Waals surface area contributed by atoms with Gasteiger partial charge in [-0.15, -0.1) is 0 Å². The van der Waals surface area contributed by atoms with Crippen molar-refractivity contribution in [3.8, 4) is 11.5 Å². The van der Waals surface area contributed by atoms with Crippen LogP contribution in [0.3, 0.4) is 0 Å². The summed E-state index contributed by atoms with van der Waals surface area (Å²) in [5, 5.41) is 8.99. The molecule has 0 saturated carbocycles. The molecule has 0 radical (unpaired) electrons. The van der Waals surface area contributed by atoms with Gasteiger partial charge in [0, 0.05) is 6.04 Å². The van der Waals surface area contributed by atoms with Crippen molar-refractivity contribution >= 4 is 0 Å². The number of hydrogen-bond donors (Lipinski definition) is 2. The molecule has 0 aromatic heterocycles. The maximum absolute atomic E-state index is 8.99. The van der Waals surface area contributed by atoms with Gasteiger partial charge in [0.2, 0.25) is 0 Å². The van der Waals surface area contributed by atoms with Crippen molar-refractivity contribution in [1.29, 1.82) is 0 Å². The molecule has 1 aromatic rings. The fraction of sp³-hybridized carbons (Fsp3) is 0.538. The Labute approximate surface area is 102 Å². The molecule has 1 atom stereocenters. The number of nitrogens with two attached hydrogens (primary N) is 1. The van der Waals surface area contributed by atoms with Crippen molar-refractivity contribution in [2.45, 2.75) is 26.3 Å². The van der Waals surface area contributed by atoms with Crippen molar-refractivity contribution < 1.29 is 14.6 Å². The predicted molar refractivity (Wildman–Crippen MR) is 67.5 cm³/mol. The van der Waals surface area contributed by atoms with Crippen molar-refractivity contribution in [2.75, 3.05) is 19.8 Å². The summed E-state index contributed by atoms with van der Waals surface area (Å²) >= 11 is 0. The van der Waals surface area contributed by atoms with Crippen molar-refractivity contribution in [3.63, 3.8) is 0 Å². The van der Waals surface area contributed by atoms with Gasteiger partial charge in [0.15, 0.2) is 0 Å². The molecule has 0 aliphatic heterocycles. The number of hydrogen-bond acceptors (Lipinski definition) is 4. The van der Waals surface area contributed by atoms with Crippen LogP contribution in [0.5, 0.6) is 11.5 Å². The van der Waals surface area contributed by atoms with Gasteiger partial charge in [-0.25, -0.2) is 0 Å². The van der Waals surface area contributed by atoms with Crippen LogP contribution >= 0.6 is 0 Å². The lowest BCUT2D eigenvalue weighted by atomic mass is 10.1. The van der Waals surface area contributed by atoms with E-state index in [1.807, 2.05) is 32.0 Å². The second-order valence-corrected chi connectivity index (χ2v) is 3.78. The van der Waals surface area contributed by atoms with Gasteiger partial charge < -0.3 is 20.3 Å². The van der Waals surface area contributed by atoms with Crippen LogP contribution in [0.1, 0.15) is 19.4 Å². The predicted octanol–water partition coefficient (Wildman–Crippen LogP) is 1.35. The monoisotopic (exact) mass is 239 g/mol. The van der Waals surface area contributed by atoms with Gasteiger partial charge in [0.25, 0.3) is 0 Å². The molecule has 4 heteroatoms. The van der Waals surface area contributed by atoms with Crippen molar-refractivity contribution in [3.05, 3.63) is 23.8 Å². The van der Waals surface area contributed by atoms with Crippen LogP contribution in [-0.2, 0) is 6.42 Å². The molecule has 0 bridgehead atoms. The number of aliphatic hydroxyl groups is 1. The summed E-state index contributed by atoms with van der Waals surface area (Å²) in [6.07, 6.45) is 0.576. The van der Waals surface area contributed by atoms with Crippen molar-refractivity contribution in [2.24, 2.45) is 5.73 Å². The molecule has 0 spiro atoms. The summed E-state index contributed by atoms with van der Waals surface area (Å²) < 4.78 is 11.0. The first-order valence-electron chi connectivity index (χ1n) is 5.96. The second kappa shape index (κ2) is 7.14. The first-order valence-corrected chi connectivity index (χ1v) is 5.96. The molecule has 17 heavy (non-hydrogen) atoms. The summed E-state index contributed by atoms with van der Waals surface area (Å²) in [7, 11) is 0. The molecular weight excluding hydrogens is 218 g/mol. The van der Waals surface area contributed by atoms with E-state index in [-0.39, 0.29) is 12.6 Å². The van der Waals surface area contributed by atoms with E-state index in [0.717, 1.165) is 17.1 Å². The number of ether oxygens (including phenoxy) is 2. The minimum atomic E-state index is -0.272. The lowest BCUT2D eigenvalue weighted by Crippen LogP contribution is -2.27. The molecule has 0 heterocycles. The quantitative estimate of drug-likeness (QED) is 0.753. The fourth-order valence-electron chi connectivity index (χ4n) is 1.62. The van der Waals surface area contributed by atoms with Crippen LogP contribution in [0.25, 0.3) is 0 Å². The molecular formula is C13H21NO3. The van der Waals surface area contributed by atoms with Gasteiger partial charge in [-0.3, -0.25) is 0 Å². The Morgan fingerprint density at radius 3 is 2.53 bits per heavy atom. The Morgan fingerprint density at radius 1 is 1.24 bits per heavy atom. The topological polar surface area (TPSA) is 64.7 Å². The molecule has 0 amide bonds. The van der Waals surface area contributed by atoms with Gasteiger partial charge in [-0.05, 0) is 44.0 Å². The van der Waals surface area contributed by atoms with Crippen molar-refractivity contribution in [1.82, 2.24) is 0 Å². The molecule has 1 aromatic carbocycles. The fourth-order valence-corrected chi connectivity index (χ4v) is 1.62. The average molecular weight is 239 g/mol. The molecule has 1 rings (SSSR count). The maximum atomic E-state index is 8.99. The maximum Gasteiger partial charge on any atom is 0.122 e. The van der Waals surface area contributed by atoms with E-state index in [2.05, 4.69) is 0 Å². The molecule has 1 unspecified atom stereocenters. The van der Waals surface area contributed by atoms with E-state index >= 15 is 0 Å². The third-order valence-electron chi connectivity index (χ3n) is 2.36. The molecule has 0 aliphatic carbocycles. The summed E-state index contributed by atoms with van der Waals surface area (Å²) in [6.45, 7) is 5.07. The largest absolute Gasteiger partial charge is 0.494 e.